The van der Waals surface area contributed by atoms with Crippen molar-refractivity contribution in [1.29, 1.82) is 0 Å². The number of hydrogen-bond donors (Lipinski definition) is 0. The van der Waals surface area contributed by atoms with Gasteiger partial charge in [0.15, 0.2) is 10.8 Å². The molecule has 0 N–H and O–H groups in total. The first kappa shape index (κ1) is 15.4. The average Bonchev–Trinajstić information content (AvgIpc) is 3.07. The van der Waals surface area contributed by atoms with Gasteiger partial charge >= 0.3 is 0 Å². The number of likely N-dealkylation sites (tertiary alicyclic amines) is 1. The van der Waals surface area contributed by atoms with Crippen LogP contribution >= 0.6 is 11.6 Å². The second-order valence-corrected chi connectivity index (χ2v) is 8.34. The van der Waals surface area contributed by atoms with Crippen LogP contribution in [0.5, 0.6) is 0 Å². The second-order valence-electron chi connectivity index (χ2n) is 7.98. The highest BCUT2D eigenvalue weighted by Gasteiger charge is 2.65. The second kappa shape index (κ2) is 4.84. The largest absolute Gasteiger partial charge is 0.347 e. The lowest BCUT2D eigenvalue weighted by Gasteiger charge is -2.57. The van der Waals surface area contributed by atoms with Crippen molar-refractivity contribution in [3.8, 4) is 0 Å². The van der Waals surface area contributed by atoms with Crippen molar-refractivity contribution in [2.24, 2.45) is 11.8 Å². The number of carbonyl (C=O) groups excluding carboxylic acids is 1. The molecule has 1 spiro atoms. The minimum Gasteiger partial charge on any atom is -0.347 e. The molecule has 1 saturated heterocycles. The molecule has 2 saturated carbocycles. The van der Waals surface area contributed by atoms with Gasteiger partial charge in [0.25, 0.3) is 0 Å². The van der Waals surface area contributed by atoms with Gasteiger partial charge in [0, 0.05) is 45.1 Å². The predicted octanol–water partition coefficient (Wildman–Crippen LogP) is 2.12. The van der Waals surface area contributed by atoms with Crippen LogP contribution in [0.1, 0.15) is 31.7 Å². The van der Waals surface area contributed by atoms with Gasteiger partial charge in [-0.1, -0.05) is 11.6 Å². The van der Waals surface area contributed by atoms with E-state index in [1.54, 1.807) is 0 Å². The Morgan fingerprint density at radius 2 is 2.12 bits per heavy atom. The van der Waals surface area contributed by atoms with Gasteiger partial charge < -0.3 is 14.4 Å². The quantitative estimate of drug-likeness (QED) is 0.767. The van der Waals surface area contributed by atoms with Crippen LogP contribution in [0.25, 0.3) is 11.2 Å². The molecule has 7 nitrogen and oxygen atoms in total. The molecule has 1 amide bonds. The zero-order valence-electron chi connectivity index (χ0n) is 14.6. The van der Waals surface area contributed by atoms with Gasteiger partial charge in [0.2, 0.25) is 11.9 Å². The van der Waals surface area contributed by atoms with Crippen molar-refractivity contribution in [2.45, 2.75) is 37.3 Å². The fourth-order valence-electron chi connectivity index (χ4n) is 5.32. The molecule has 0 radical (unpaired) electrons. The summed E-state index contributed by atoms with van der Waals surface area (Å²) in [6.07, 6.45) is 5.76. The van der Waals surface area contributed by atoms with Gasteiger partial charge in [-0.25, -0.2) is 4.98 Å². The normalized spacial score (nSPS) is 33.5. The monoisotopic (exact) mass is 360 g/mol. The Labute approximate surface area is 151 Å². The Morgan fingerprint density at radius 3 is 2.88 bits per heavy atom. The molecule has 3 fully saturated rings. The number of halogens is 1. The number of hydrogen-bond acceptors (Lipinski definition) is 5. The number of piperidine rings is 1. The van der Waals surface area contributed by atoms with Crippen molar-refractivity contribution < 1.29 is 4.79 Å². The maximum atomic E-state index is 12.3. The summed E-state index contributed by atoms with van der Waals surface area (Å²) in [7, 11) is 5.77. The Hall–Kier alpha value is -1.89. The third kappa shape index (κ3) is 1.87. The number of amides is 1. The summed E-state index contributed by atoms with van der Waals surface area (Å²) in [5.41, 5.74) is 1.49. The van der Waals surface area contributed by atoms with E-state index in [-0.39, 0.29) is 5.54 Å². The van der Waals surface area contributed by atoms with Crippen LogP contribution in [0, 0.1) is 11.8 Å². The summed E-state index contributed by atoms with van der Waals surface area (Å²) >= 11 is 6.32. The van der Waals surface area contributed by atoms with Gasteiger partial charge in [0.05, 0.1) is 6.33 Å². The van der Waals surface area contributed by atoms with E-state index in [9.17, 15) is 4.79 Å². The van der Waals surface area contributed by atoms with E-state index in [4.69, 9.17) is 11.6 Å². The molecule has 2 aromatic heterocycles. The van der Waals surface area contributed by atoms with Crippen LogP contribution in [0.4, 0.5) is 5.95 Å². The van der Waals surface area contributed by atoms with Crippen molar-refractivity contribution in [3.05, 3.63) is 11.5 Å². The van der Waals surface area contributed by atoms with Crippen LogP contribution in [-0.2, 0) is 4.79 Å². The van der Waals surface area contributed by atoms with Gasteiger partial charge in [-0.2, -0.15) is 9.97 Å². The van der Waals surface area contributed by atoms with Gasteiger partial charge in [-0.3, -0.25) is 4.79 Å². The third-order valence-electron chi connectivity index (χ3n) is 6.58. The maximum Gasteiger partial charge on any atom is 0.228 e. The van der Waals surface area contributed by atoms with Crippen LogP contribution in [-0.4, -0.2) is 57.0 Å². The summed E-state index contributed by atoms with van der Waals surface area (Å²) < 4.78 is 2.16. The first-order valence-corrected chi connectivity index (χ1v) is 9.12. The van der Waals surface area contributed by atoms with E-state index >= 15 is 0 Å². The van der Waals surface area contributed by atoms with Crippen LogP contribution < -0.4 is 4.90 Å². The summed E-state index contributed by atoms with van der Waals surface area (Å²) in [5, 5.41) is 0.388. The predicted molar refractivity (Wildman–Crippen MR) is 94.6 cm³/mol. The summed E-state index contributed by atoms with van der Waals surface area (Å²) in [6.45, 7) is 0. The Balaban J connectivity index is 1.57. The summed E-state index contributed by atoms with van der Waals surface area (Å²) in [6, 6.07) is 0.323. The first-order chi connectivity index (χ1) is 11.9. The van der Waals surface area contributed by atoms with E-state index < -0.39 is 0 Å². The minimum atomic E-state index is 0.0441. The van der Waals surface area contributed by atoms with E-state index in [1.165, 1.54) is 0 Å². The van der Waals surface area contributed by atoms with Crippen molar-refractivity contribution in [2.75, 3.05) is 26.0 Å². The maximum absolute atomic E-state index is 12.3. The summed E-state index contributed by atoms with van der Waals surface area (Å²) in [5.74, 6) is 1.89. The highest BCUT2D eigenvalue weighted by Crippen LogP contribution is 2.64. The molecule has 132 valence electrons. The standard InChI is InChI=1S/C17H21ClN6O/c1-22(2)16-20-14(18)13-15(21-16)24(8-19-13)11-7-17-6-9(4-10(11)17)5-12(25)23(17)3/h8-11H,4-7H2,1-3H3/t9-,10+,11-,17?/m1/s1. The molecule has 0 aromatic carbocycles. The highest BCUT2D eigenvalue weighted by molar-refractivity contribution is 6.33. The molecule has 1 aliphatic heterocycles. The van der Waals surface area contributed by atoms with Crippen LogP contribution in [0.2, 0.25) is 5.15 Å². The van der Waals surface area contributed by atoms with Gasteiger partial charge in [-0.15, -0.1) is 0 Å². The number of fused-ring (bicyclic) bond motifs is 2. The average molecular weight is 361 g/mol. The van der Waals surface area contributed by atoms with Crippen molar-refractivity contribution >= 4 is 34.6 Å². The molecule has 8 heteroatoms. The lowest BCUT2D eigenvalue weighted by molar-refractivity contribution is -0.149. The highest BCUT2D eigenvalue weighted by atomic mass is 35.5. The van der Waals surface area contributed by atoms with Gasteiger partial charge in [-0.05, 0) is 25.2 Å². The van der Waals surface area contributed by atoms with E-state index in [0.29, 0.717) is 46.8 Å². The Bertz CT molecular complexity index is 895. The van der Waals surface area contributed by atoms with Crippen molar-refractivity contribution in [3.63, 3.8) is 0 Å². The van der Waals surface area contributed by atoms with E-state index in [1.807, 2.05) is 37.3 Å². The Kier molecular flexibility index (Phi) is 2.98. The molecule has 25 heavy (non-hydrogen) atoms. The third-order valence-corrected chi connectivity index (χ3v) is 6.84. The molecule has 2 aliphatic carbocycles. The van der Waals surface area contributed by atoms with E-state index in [0.717, 1.165) is 24.9 Å². The molecular weight excluding hydrogens is 340 g/mol. The molecule has 1 unspecified atom stereocenters. The minimum absolute atomic E-state index is 0.0441. The molecule has 2 aromatic rings. The molecule has 3 heterocycles. The molecule has 5 rings (SSSR count). The number of anilines is 1. The fraction of sp³-hybridized carbons (Fsp3) is 0.647. The zero-order chi connectivity index (χ0) is 17.5. The van der Waals surface area contributed by atoms with Crippen LogP contribution in [0.15, 0.2) is 6.33 Å². The molecule has 3 aliphatic rings. The Morgan fingerprint density at radius 1 is 1.32 bits per heavy atom. The first-order valence-electron chi connectivity index (χ1n) is 8.75. The number of aromatic nitrogens is 4. The molecular formula is C17H21ClN6O. The number of carbonyl (C=O) groups is 1. The lowest BCUT2D eigenvalue weighted by atomic mass is 9.63. The molecule has 2 bridgehead atoms. The topological polar surface area (TPSA) is 67.2 Å². The number of nitrogens with zero attached hydrogens (tertiary/aromatic N) is 6. The van der Waals surface area contributed by atoms with Crippen molar-refractivity contribution in [1.82, 2.24) is 24.4 Å². The number of rotatable bonds is 2. The van der Waals surface area contributed by atoms with Gasteiger partial charge in [0.1, 0.15) is 5.52 Å². The fourth-order valence-corrected chi connectivity index (χ4v) is 5.53. The zero-order valence-corrected chi connectivity index (χ0v) is 15.4. The smallest absolute Gasteiger partial charge is 0.228 e. The molecule has 4 atom stereocenters. The lowest BCUT2D eigenvalue weighted by Crippen LogP contribution is -2.63. The number of imidazole rings is 1. The summed E-state index contributed by atoms with van der Waals surface area (Å²) in [4.78, 5) is 29.6. The van der Waals surface area contributed by atoms with Crippen LogP contribution in [0.3, 0.4) is 0 Å². The SMILES string of the molecule is CN(C)c1nc(Cl)c2ncn([C@@H]3CC45C[C@@H](CC(=O)N4C)C[C@@H]35)c2n1. The van der Waals surface area contributed by atoms with E-state index in [2.05, 4.69) is 19.5 Å².